The second-order valence-corrected chi connectivity index (χ2v) is 6.71. The summed E-state index contributed by atoms with van der Waals surface area (Å²) in [4.78, 5) is 25.1. The molecule has 0 atom stereocenters. The zero-order chi connectivity index (χ0) is 18.5. The molecule has 7 heteroatoms. The third-order valence-corrected chi connectivity index (χ3v) is 4.31. The summed E-state index contributed by atoms with van der Waals surface area (Å²) in [5, 5.41) is 2.78. The van der Waals surface area contributed by atoms with Crippen LogP contribution in [0.1, 0.15) is 11.1 Å². The summed E-state index contributed by atoms with van der Waals surface area (Å²) >= 11 is 0. The highest BCUT2D eigenvalue weighted by atomic mass is 16.5. The van der Waals surface area contributed by atoms with Gasteiger partial charge in [0.25, 0.3) is 5.91 Å². The molecule has 1 fully saturated rings. The van der Waals surface area contributed by atoms with Gasteiger partial charge in [0.15, 0.2) is 6.61 Å². The van der Waals surface area contributed by atoms with Gasteiger partial charge in [0.1, 0.15) is 23.7 Å². The normalized spacial score (nSPS) is 15.0. The number of carbonyl (C=O) groups excluding carboxylic acids is 1. The van der Waals surface area contributed by atoms with E-state index in [1.165, 1.54) is 6.33 Å². The molecule has 1 aliphatic rings. The number of likely N-dealkylation sites (N-methyl/N-ethyl adjacent to an activating group) is 1. The van der Waals surface area contributed by atoms with Gasteiger partial charge < -0.3 is 19.9 Å². The van der Waals surface area contributed by atoms with Gasteiger partial charge in [0, 0.05) is 32.2 Å². The van der Waals surface area contributed by atoms with Crippen molar-refractivity contribution >= 4 is 17.5 Å². The number of nitrogens with zero attached hydrogens (tertiary/aromatic N) is 4. The lowest BCUT2D eigenvalue weighted by Crippen LogP contribution is -2.44. The number of rotatable bonds is 5. The lowest BCUT2D eigenvalue weighted by Gasteiger charge is -2.33. The SMILES string of the molecule is Cc1cc(C)cc(OCC(=O)Nc2cc(N3CCN(C)CC3)ncn2)c1. The second-order valence-electron chi connectivity index (χ2n) is 6.71. The molecule has 138 valence electrons. The van der Waals surface area contributed by atoms with Crippen LogP contribution in [0.2, 0.25) is 0 Å². The smallest absolute Gasteiger partial charge is 0.263 e. The number of nitrogens with one attached hydrogen (secondary N) is 1. The molecule has 2 heterocycles. The van der Waals surface area contributed by atoms with Gasteiger partial charge in [-0.25, -0.2) is 9.97 Å². The van der Waals surface area contributed by atoms with Crippen LogP contribution in [0.15, 0.2) is 30.6 Å². The third kappa shape index (κ3) is 4.92. The van der Waals surface area contributed by atoms with Crippen molar-refractivity contribution in [2.24, 2.45) is 0 Å². The van der Waals surface area contributed by atoms with Crippen molar-refractivity contribution in [3.05, 3.63) is 41.7 Å². The molecule has 1 aromatic heterocycles. The molecule has 2 aromatic rings. The summed E-state index contributed by atoms with van der Waals surface area (Å²) < 4.78 is 5.59. The van der Waals surface area contributed by atoms with Crippen molar-refractivity contribution in [2.45, 2.75) is 13.8 Å². The highest BCUT2D eigenvalue weighted by Crippen LogP contribution is 2.17. The number of piperazine rings is 1. The van der Waals surface area contributed by atoms with Crippen LogP contribution in [0.5, 0.6) is 5.75 Å². The fourth-order valence-corrected chi connectivity index (χ4v) is 2.97. The molecular formula is C19H25N5O2. The van der Waals surface area contributed by atoms with Crippen LogP contribution in [0.25, 0.3) is 0 Å². The van der Waals surface area contributed by atoms with E-state index in [4.69, 9.17) is 4.74 Å². The molecule has 0 spiro atoms. The first-order valence-corrected chi connectivity index (χ1v) is 8.76. The Bertz CT molecular complexity index is 752. The first-order valence-electron chi connectivity index (χ1n) is 8.76. The largest absolute Gasteiger partial charge is 0.484 e. The van der Waals surface area contributed by atoms with Crippen molar-refractivity contribution in [1.82, 2.24) is 14.9 Å². The van der Waals surface area contributed by atoms with Crippen LogP contribution in [0.4, 0.5) is 11.6 Å². The Hall–Kier alpha value is -2.67. The van der Waals surface area contributed by atoms with E-state index in [2.05, 4.69) is 38.2 Å². The lowest BCUT2D eigenvalue weighted by molar-refractivity contribution is -0.118. The van der Waals surface area contributed by atoms with E-state index < -0.39 is 0 Å². The van der Waals surface area contributed by atoms with Gasteiger partial charge in [0.2, 0.25) is 0 Å². The van der Waals surface area contributed by atoms with Gasteiger partial charge in [-0.2, -0.15) is 0 Å². The molecule has 26 heavy (non-hydrogen) atoms. The fourth-order valence-electron chi connectivity index (χ4n) is 2.97. The van der Waals surface area contributed by atoms with E-state index in [1.807, 2.05) is 26.0 Å². The van der Waals surface area contributed by atoms with E-state index in [1.54, 1.807) is 6.07 Å². The number of aromatic nitrogens is 2. The van der Waals surface area contributed by atoms with Gasteiger partial charge >= 0.3 is 0 Å². The minimum atomic E-state index is -0.243. The van der Waals surface area contributed by atoms with Gasteiger partial charge in [0.05, 0.1) is 0 Å². The Morgan fingerprint density at radius 3 is 2.46 bits per heavy atom. The Balaban J connectivity index is 1.56. The molecule has 1 N–H and O–H groups in total. The Morgan fingerprint density at radius 2 is 1.77 bits per heavy atom. The maximum atomic E-state index is 12.2. The maximum Gasteiger partial charge on any atom is 0.263 e. The molecule has 0 aliphatic carbocycles. The first-order chi connectivity index (χ1) is 12.5. The summed E-state index contributed by atoms with van der Waals surface area (Å²) in [5.41, 5.74) is 2.21. The summed E-state index contributed by atoms with van der Waals surface area (Å²) in [6, 6.07) is 7.70. The molecule has 1 saturated heterocycles. The number of carbonyl (C=O) groups is 1. The second kappa shape index (κ2) is 8.14. The minimum Gasteiger partial charge on any atom is -0.484 e. The molecule has 7 nitrogen and oxygen atoms in total. The molecule has 0 unspecified atom stereocenters. The Labute approximate surface area is 154 Å². The predicted molar refractivity (Wildman–Crippen MR) is 102 cm³/mol. The van der Waals surface area contributed by atoms with Crippen molar-refractivity contribution in [3.63, 3.8) is 0 Å². The summed E-state index contributed by atoms with van der Waals surface area (Å²) in [6.45, 7) is 7.76. The van der Waals surface area contributed by atoms with Crippen LogP contribution in [-0.4, -0.2) is 60.6 Å². The van der Waals surface area contributed by atoms with E-state index in [0.29, 0.717) is 11.6 Å². The number of hydrogen-bond acceptors (Lipinski definition) is 6. The van der Waals surface area contributed by atoms with Crippen LogP contribution in [0.3, 0.4) is 0 Å². The van der Waals surface area contributed by atoms with Gasteiger partial charge in [-0.3, -0.25) is 4.79 Å². The zero-order valence-corrected chi connectivity index (χ0v) is 15.5. The number of amides is 1. The van der Waals surface area contributed by atoms with Gasteiger partial charge in [-0.05, 0) is 44.2 Å². The van der Waals surface area contributed by atoms with Crippen LogP contribution in [0, 0.1) is 13.8 Å². The van der Waals surface area contributed by atoms with Crippen LogP contribution in [-0.2, 0) is 4.79 Å². The molecule has 1 amide bonds. The average molecular weight is 355 g/mol. The number of benzene rings is 1. The standard InChI is InChI=1S/C19H25N5O2/c1-14-8-15(2)10-16(9-14)26-12-19(25)22-17-11-18(21-13-20-17)24-6-4-23(3)5-7-24/h8-11,13H,4-7,12H2,1-3H3,(H,20,21,22,25). The summed E-state index contributed by atoms with van der Waals surface area (Å²) in [7, 11) is 2.11. The molecule has 0 saturated carbocycles. The van der Waals surface area contributed by atoms with Gasteiger partial charge in [-0.1, -0.05) is 6.07 Å². The fraction of sp³-hybridized carbons (Fsp3) is 0.421. The number of hydrogen-bond donors (Lipinski definition) is 1. The van der Waals surface area contributed by atoms with E-state index in [9.17, 15) is 4.79 Å². The number of aryl methyl sites for hydroxylation is 2. The van der Waals surface area contributed by atoms with Crippen LogP contribution >= 0.6 is 0 Å². The topological polar surface area (TPSA) is 70.6 Å². The molecule has 0 bridgehead atoms. The van der Waals surface area contributed by atoms with E-state index in [-0.39, 0.29) is 12.5 Å². The minimum absolute atomic E-state index is 0.0588. The number of ether oxygens (including phenoxy) is 1. The highest BCUT2D eigenvalue weighted by Gasteiger charge is 2.16. The maximum absolute atomic E-state index is 12.2. The summed E-state index contributed by atoms with van der Waals surface area (Å²) in [5.74, 6) is 1.77. The molecule has 1 aromatic carbocycles. The highest BCUT2D eigenvalue weighted by molar-refractivity contribution is 5.91. The quantitative estimate of drug-likeness (QED) is 0.883. The van der Waals surface area contributed by atoms with Crippen LogP contribution < -0.4 is 15.0 Å². The average Bonchev–Trinajstić information content (AvgIpc) is 2.60. The summed E-state index contributed by atoms with van der Waals surface area (Å²) in [6.07, 6.45) is 1.48. The monoisotopic (exact) mass is 355 g/mol. The van der Waals surface area contributed by atoms with Crippen molar-refractivity contribution in [2.75, 3.05) is 50.1 Å². The lowest BCUT2D eigenvalue weighted by atomic mass is 10.1. The molecule has 3 rings (SSSR count). The first kappa shape index (κ1) is 18.1. The van der Waals surface area contributed by atoms with Crippen molar-refractivity contribution in [1.29, 1.82) is 0 Å². The van der Waals surface area contributed by atoms with Crippen molar-refractivity contribution < 1.29 is 9.53 Å². The molecular weight excluding hydrogens is 330 g/mol. The third-order valence-electron chi connectivity index (χ3n) is 4.31. The van der Waals surface area contributed by atoms with E-state index in [0.717, 1.165) is 43.1 Å². The van der Waals surface area contributed by atoms with Crippen molar-refractivity contribution in [3.8, 4) is 5.75 Å². The van der Waals surface area contributed by atoms with E-state index >= 15 is 0 Å². The Kier molecular flexibility index (Phi) is 5.68. The molecule has 0 radical (unpaired) electrons. The zero-order valence-electron chi connectivity index (χ0n) is 15.5. The van der Waals surface area contributed by atoms with Gasteiger partial charge in [-0.15, -0.1) is 0 Å². The number of anilines is 2. The predicted octanol–water partition coefficient (Wildman–Crippen LogP) is 1.86. The molecule has 1 aliphatic heterocycles. The Morgan fingerprint density at radius 1 is 1.08 bits per heavy atom.